The second-order valence-electron chi connectivity index (χ2n) is 20.7. The van der Waals surface area contributed by atoms with Crippen molar-refractivity contribution in [2.24, 2.45) is 0 Å². The molecule has 0 spiro atoms. The van der Waals surface area contributed by atoms with Gasteiger partial charge in [-0.2, -0.15) is 0 Å². The summed E-state index contributed by atoms with van der Waals surface area (Å²) in [6, 6.07) is -0.560. The third kappa shape index (κ3) is 55.0. The Balaban J connectivity index is 3.52. The van der Waals surface area contributed by atoms with Gasteiger partial charge in [-0.1, -0.05) is 262 Å². The number of esters is 1. The zero-order valence-corrected chi connectivity index (χ0v) is 46.0. The molecular weight excluding hydrogens is 851 g/mol. The van der Waals surface area contributed by atoms with Crippen LogP contribution in [0.3, 0.4) is 0 Å². The quantitative estimate of drug-likeness (QED) is 0.0244. The fourth-order valence-corrected chi connectivity index (χ4v) is 9.19. The van der Waals surface area contributed by atoms with E-state index in [4.69, 9.17) is 4.74 Å². The van der Waals surface area contributed by atoms with Crippen molar-refractivity contribution in [1.29, 1.82) is 0 Å². The maximum Gasteiger partial charge on any atom is 0.305 e. The SMILES string of the molecule is CCCCC/C=C\C/C=C\CCCCCCCCCC(=O)OCCCCC/C=C\C=C/CCCCCCCCC(=O)NC(CO)C(O)CCCCCCCCCCCCCCCCCCCCCC. The number of carbonyl (C=O) groups excluding carboxylic acids is 2. The highest BCUT2D eigenvalue weighted by molar-refractivity contribution is 5.76. The summed E-state index contributed by atoms with van der Waals surface area (Å²) < 4.78 is 5.45. The van der Waals surface area contributed by atoms with Crippen molar-refractivity contribution in [1.82, 2.24) is 5.32 Å². The predicted octanol–water partition coefficient (Wildman–Crippen LogP) is 19.0. The Kier molecular flexibility index (Phi) is 56.5. The summed E-state index contributed by atoms with van der Waals surface area (Å²) in [7, 11) is 0. The highest BCUT2D eigenvalue weighted by Crippen LogP contribution is 2.17. The number of unbranched alkanes of at least 4 members (excludes halogenated alkanes) is 38. The smallest absolute Gasteiger partial charge is 0.305 e. The van der Waals surface area contributed by atoms with E-state index >= 15 is 0 Å². The van der Waals surface area contributed by atoms with E-state index in [0.29, 0.717) is 25.9 Å². The van der Waals surface area contributed by atoms with Crippen molar-refractivity contribution in [3.05, 3.63) is 48.6 Å². The molecule has 0 aromatic heterocycles. The molecule has 0 rings (SSSR count). The van der Waals surface area contributed by atoms with Crippen LogP contribution in [0.5, 0.6) is 0 Å². The summed E-state index contributed by atoms with van der Waals surface area (Å²) in [4.78, 5) is 24.6. The lowest BCUT2D eigenvalue weighted by molar-refractivity contribution is -0.143. The number of hydrogen-bond donors (Lipinski definition) is 3. The molecule has 404 valence electrons. The van der Waals surface area contributed by atoms with Gasteiger partial charge >= 0.3 is 5.97 Å². The van der Waals surface area contributed by atoms with Crippen molar-refractivity contribution in [2.75, 3.05) is 13.2 Å². The molecule has 0 fully saturated rings. The van der Waals surface area contributed by atoms with Gasteiger partial charge in [0.15, 0.2) is 0 Å². The molecule has 0 aromatic carbocycles. The van der Waals surface area contributed by atoms with E-state index in [1.54, 1.807) is 0 Å². The van der Waals surface area contributed by atoms with Gasteiger partial charge in [-0.25, -0.2) is 0 Å². The second kappa shape index (κ2) is 58.4. The lowest BCUT2D eigenvalue weighted by atomic mass is 10.0. The molecule has 0 aliphatic carbocycles. The number of amides is 1. The lowest BCUT2D eigenvalue weighted by Crippen LogP contribution is -2.45. The predicted molar refractivity (Wildman–Crippen MR) is 301 cm³/mol. The van der Waals surface area contributed by atoms with Gasteiger partial charge in [0, 0.05) is 12.8 Å². The summed E-state index contributed by atoms with van der Waals surface area (Å²) >= 11 is 0. The first-order valence-corrected chi connectivity index (χ1v) is 30.4. The molecule has 0 radical (unpaired) electrons. The maximum absolute atomic E-state index is 12.5. The first-order valence-electron chi connectivity index (χ1n) is 30.4. The molecule has 0 saturated carbocycles. The number of rotatable bonds is 56. The highest BCUT2D eigenvalue weighted by Gasteiger charge is 2.20. The van der Waals surface area contributed by atoms with Crippen LogP contribution in [0.4, 0.5) is 0 Å². The number of allylic oxidation sites excluding steroid dienone is 8. The molecule has 0 aliphatic heterocycles. The molecule has 3 N–H and O–H groups in total. The number of aliphatic hydroxyl groups excluding tert-OH is 2. The van der Waals surface area contributed by atoms with E-state index in [-0.39, 0.29) is 18.5 Å². The van der Waals surface area contributed by atoms with Crippen molar-refractivity contribution in [3.63, 3.8) is 0 Å². The zero-order chi connectivity index (χ0) is 50.0. The first kappa shape index (κ1) is 66.8. The molecule has 0 aliphatic rings. The average Bonchev–Trinajstić information content (AvgIpc) is 3.35. The van der Waals surface area contributed by atoms with Gasteiger partial charge in [-0.15, -0.1) is 0 Å². The van der Waals surface area contributed by atoms with E-state index in [1.165, 1.54) is 199 Å². The Morgan fingerprint density at radius 3 is 1.22 bits per heavy atom. The summed E-state index contributed by atoms with van der Waals surface area (Å²) in [6.07, 6.45) is 73.9. The summed E-state index contributed by atoms with van der Waals surface area (Å²) in [5.74, 6) is -0.0855. The number of aliphatic hydroxyl groups is 2. The fraction of sp³-hybridized carbons (Fsp3) is 0.841. The van der Waals surface area contributed by atoms with Crippen molar-refractivity contribution in [2.45, 2.75) is 328 Å². The van der Waals surface area contributed by atoms with E-state index in [9.17, 15) is 19.8 Å². The van der Waals surface area contributed by atoms with Gasteiger partial charge in [-0.05, 0) is 89.9 Å². The van der Waals surface area contributed by atoms with E-state index < -0.39 is 12.1 Å². The van der Waals surface area contributed by atoms with E-state index in [0.717, 1.165) is 83.5 Å². The number of ether oxygens (including phenoxy) is 1. The molecule has 0 saturated heterocycles. The van der Waals surface area contributed by atoms with Gasteiger partial charge in [0.25, 0.3) is 0 Å². The van der Waals surface area contributed by atoms with Gasteiger partial charge in [-0.3, -0.25) is 9.59 Å². The third-order valence-electron chi connectivity index (χ3n) is 13.9. The monoisotopic (exact) mass is 968 g/mol. The highest BCUT2D eigenvalue weighted by atomic mass is 16.5. The minimum Gasteiger partial charge on any atom is -0.466 e. The zero-order valence-electron chi connectivity index (χ0n) is 46.0. The summed E-state index contributed by atoms with van der Waals surface area (Å²) in [5.41, 5.74) is 0. The second-order valence-corrected chi connectivity index (χ2v) is 20.7. The first-order chi connectivity index (χ1) is 34.0. The summed E-state index contributed by atoms with van der Waals surface area (Å²) in [5, 5.41) is 23.3. The molecule has 6 heteroatoms. The molecule has 69 heavy (non-hydrogen) atoms. The van der Waals surface area contributed by atoms with Crippen LogP contribution in [0.2, 0.25) is 0 Å². The van der Waals surface area contributed by atoms with Crippen LogP contribution >= 0.6 is 0 Å². The molecule has 0 aromatic rings. The average molecular weight is 969 g/mol. The molecule has 1 amide bonds. The van der Waals surface area contributed by atoms with E-state index in [1.807, 2.05) is 0 Å². The Labute approximate surface area is 429 Å². The van der Waals surface area contributed by atoms with Crippen LogP contribution < -0.4 is 5.32 Å². The van der Waals surface area contributed by atoms with Crippen LogP contribution in [0.1, 0.15) is 316 Å². The Morgan fingerprint density at radius 1 is 0.420 bits per heavy atom. The molecule has 6 nitrogen and oxygen atoms in total. The summed E-state index contributed by atoms with van der Waals surface area (Å²) in [6.45, 7) is 4.88. The topological polar surface area (TPSA) is 95.9 Å². The minimum absolute atomic E-state index is 0.0293. The van der Waals surface area contributed by atoms with Gasteiger partial charge in [0.2, 0.25) is 5.91 Å². The van der Waals surface area contributed by atoms with Crippen LogP contribution in [-0.2, 0) is 14.3 Å². The molecule has 0 bridgehead atoms. The normalized spacial score (nSPS) is 12.9. The Bertz CT molecular complexity index is 1160. The van der Waals surface area contributed by atoms with Crippen molar-refractivity contribution >= 4 is 11.9 Å². The van der Waals surface area contributed by atoms with Crippen LogP contribution in [-0.4, -0.2) is 47.4 Å². The maximum atomic E-state index is 12.5. The Morgan fingerprint density at radius 2 is 0.768 bits per heavy atom. The molecule has 2 atom stereocenters. The number of nitrogens with one attached hydrogen (secondary N) is 1. The van der Waals surface area contributed by atoms with Crippen molar-refractivity contribution in [3.8, 4) is 0 Å². The van der Waals surface area contributed by atoms with Crippen molar-refractivity contribution < 1.29 is 24.5 Å². The Hall–Kier alpha value is -2.18. The number of carbonyl (C=O) groups is 2. The van der Waals surface area contributed by atoms with Gasteiger partial charge in [0.1, 0.15) is 0 Å². The molecule has 0 heterocycles. The largest absolute Gasteiger partial charge is 0.466 e. The fourth-order valence-electron chi connectivity index (χ4n) is 9.19. The van der Waals surface area contributed by atoms with Gasteiger partial charge < -0.3 is 20.3 Å². The van der Waals surface area contributed by atoms with Crippen LogP contribution in [0, 0.1) is 0 Å². The van der Waals surface area contributed by atoms with Crippen LogP contribution in [0.15, 0.2) is 48.6 Å². The van der Waals surface area contributed by atoms with E-state index in [2.05, 4.69) is 67.8 Å². The number of hydrogen-bond acceptors (Lipinski definition) is 5. The standard InChI is InChI=1S/C63H117NO5/c1-3-5-7-9-11-13-15-17-19-21-22-23-25-27-31-35-39-43-47-51-55-61(66)60(59-65)64-62(67)56-52-48-44-40-36-32-28-26-30-34-38-42-46-50-54-58-69-63(68)57-53-49-45-41-37-33-29-24-20-18-16-14-12-10-8-6-4-2/h12,14,18,20,26,30,34,38,60-61,65-66H,3-11,13,15-17,19,21-25,27-29,31-33,35-37,39-59H2,1-2H3,(H,64,67)/b14-12-,20-18-,30-26-,38-34-. The minimum atomic E-state index is -0.681. The molecular formula is C63H117NO5. The third-order valence-corrected chi connectivity index (χ3v) is 13.9. The lowest BCUT2D eigenvalue weighted by Gasteiger charge is -2.22. The molecule has 2 unspecified atom stereocenters. The van der Waals surface area contributed by atoms with Gasteiger partial charge in [0.05, 0.1) is 25.4 Å². The van der Waals surface area contributed by atoms with Crippen LogP contribution in [0.25, 0.3) is 0 Å².